The summed E-state index contributed by atoms with van der Waals surface area (Å²) in [6, 6.07) is 5.40. The monoisotopic (exact) mass is 620 g/mol. The van der Waals surface area contributed by atoms with E-state index in [1.165, 1.54) is 12.1 Å². The first-order chi connectivity index (χ1) is 19.3. The third-order valence-corrected chi connectivity index (χ3v) is 9.21. The second kappa shape index (κ2) is 12.2. The quantitative estimate of drug-likeness (QED) is 0.374. The molecule has 232 valence electrons. The Bertz CT molecular complexity index is 1460. The van der Waals surface area contributed by atoms with Crippen LogP contribution in [-0.2, 0) is 22.7 Å². The topological polar surface area (TPSA) is 134 Å². The van der Waals surface area contributed by atoms with E-state index in [4.69, 9.17) is 0 Å². The number of halogens is 5. The molecule has 1 saturated carbocycles. The van der Waals surface area contributed by atoms with Crippen molar-refractivity contribution in [1.82, 2.24) is 14.9 Å². The van der Waals surface area contributed by atoms with E-state index in [0.717, 1.165) is 30.7 Å². The van der Waals surface area contributed by atoms with Crippen molar-refractivity contribution < 1.29 is 45.0 Å². The summed E-state index contributed by atoms with van der Waals surface area (Å²) in [7, 11) is -3.27. The van der Waals surface area contributed by atoms with Gasteiger partial charge in [0.2, 0.25) is 0 Å². The highest BCUT2D eigenvalue weighted by atomic mass is 32.2. The van der Waals surface area contributed by atoms with Crippen molar-refractivity contribution in [2.75, 3.05) is 12.8 Å². The first-order valence-corrected chi connectivity index (χ1v) is 15.1. The van der Waals surface area contributed by atoms with Crippen LogP contribution < -0.4 is 10.1 Å². The van der Waals surface area contributed by atoms with Crippen molar-refractivity contribution >= 4 is 15.7 Å². The maximum atomic E-state index is 13.4. The maximum Gasteiger partial charge on any atom is 0.394 e. The Hall–Kier alpha value is -3.25. The van der Waals surface area contributed by atoms with Gasteiger partial charge < -0.3 is 15.2 Å². The van der Waals surface area contributed by atoms with E-state index >= 15 is 0 Å². The Kier molecular flexibility index (Phi) is 9.63. The van der Waals surface area contributed by atoms with Crippen LogP contribution in [0.4, 0.5) is 22.0 Å². The Morgan fingerprint density at radius 1 is 1.29 bits per heavy atom. The van der Waals surface area contributed by atoms with Gasteiger partial charge in [-0.2, -0.15) is 27.2 Å². The zero-order valence-corrected chi connectivity index (χ0v) is 24.4. The molecule has 0 unspecified atom stereocenters. The van der Waals surface area contributed by atoms with E-state index in [1.54, 1.807) is 6.92 Å². The van der Waals surface area contributed by atoms with Gasteiger partial charge in [0, 0.05) is 19.2 Å². The summed E-state index contributed by atoms with van der Waals surface area (Å²) >= 11 is 0. The number of hydrogen-bond donors (Lipinski definition) is 2. The fourth-order valence-corrected chi connectivity index (χ4v) is 6.03. The summed E-state index contributed by atoms with van der Waals surface area (Å²) < 4.78 is 96.4. The number of hydrogen-bond acceptors (Lipinski definition) is 7. The number of alkyl halides is 5. The lowest BCUT2D eigenvalue weighted by atomic mass is 9.84. The molecule has 0 atom stereocenters. The summed E-state index contributed by atoms with van der Waals surface area (Å²) in [6.45, 7) is 0.0110. The van der Waals surface area contributed by atoms with Gasteiger partial charge in [-0.15, -0.1) is 0 Å². The van der Waals surface area contributed by atoms with Gasteiger partial charge in [-0.1, -0.05) is 26.8 Å². The molecule has 0 spiro atoms. The number of aryl methyl sites for hydroxylation is 1. The third-order valence-electron chi connectivity index (χ3n) is 7.53. The Labute approximate surface area is 240 Å². The predicted molar refractivity (Wildman–Crippen MR) is 142 cm³/mol. The number of carbonyl (C=O) groups excluding carboxylic acids is 1. The molecule has 1 aromatic heterocycles. The molecule has 3 rings (SSSR count). The van der Waals surface area contributed by atoms with E-state index in [1.807, 2.05) is 6.07 Å². The van der Waals surface area contributed by atoms with Crippen molar-refractivity contribution in [3.05, 3.63) is 41.0 Å². The lowest BCUT2D eigenvalue weighted by Gasteiger charge is -2.35. The van der Waals surface area contributed by atoms with Crippen LogP contribution in [0.1, 0.15) is 74.0 Å². The number of amides is 1. The van der Waals surface area contributed by atoms with Gasteiger partial charge in [-0.25, -0.2) is 13.4 Å². The van der Waals surface area contributed by atoms with Crippen molar-refractivity contribution in [2.24, 2.45) is 5.41 Å². The van der Waals surface area contributed by atoms with E-state index in [2.05, 4.69) is 15.0 Å². The molecule has 1 aliphatic rings. The average Bonchev–Trinajstić information content (AvgIpc) is 3.24. The summed E-state index contributed by atoms with van der Waals surface area (Å²) in [5.74, 6) is -1.22. The molecule has 0 radical (unpaired) electrons. The molecule has 0 bridgehead atoms. The Morgan fingerprint density at radius 2 is 1.90 bits per heavy atom. The molecule has 1 aliphatic carbocycles. The second-order valence-electron chi connectivity index (χ2n) is 11.2. The minimum atomic E-state index is -4.56. The van der Waals surface area contributed by atoms with Gasteiger partial charge >= 0.3 is 12.8 Å². The number of rotatable bonds is 10. The highest BCUT2D eigenvalue weighted by Crippen LogP contribution is 2.41. The maximum absolute atomic E-state index is 13.4. The first kappa shape index (κ1) is 33.3. The number of benzene rings is 1. The number of aliphatic hydroxyl groups is 1. The minimum Gasteiger partial charge on any atom is -0.433 e. The van der Waals surface area contributed by atoms with Crippen molar-refractivity contribution in [3.8, 4) is 17.5 Å². The smallest absolute Gasteiger partial charge is 0.394 e. The van der Waals surface area contributed by atoms with Crippen molar-refractivity contribution in [2.45, 2.75) is 82.9 Å². The Morgan fingerprint density at radius 3 is 2.40 bits per heavy atom. The van der Waals surface area contributed by atoms with Gasteiger partial charge in [0.15, 0.2) is 11.4 Å². The Balaban J connectivity index is 1.94. The SMILES string of the molecule is CCc1nc(C(=O)NC[C@]2(O)CC[C@@H](S(C)(=O)=O)CC2)c(C#N)n1-c1ccc(CC(C)(C)C(F)(F)F)cc1OC(F)F. The molecule has 9 nitrogen and oxygen atoms in total. The number of nitrogens with one attached hydrogen (secondary N) is 1. The van der Waals surface area contributed by atoms with Crippen LogP contribution in [0.25, 0.3) is 5.69 Å². The van der Waals surface area contributed by atoms with Crippen LogP contribution in [0.2, 0.25) is 0 Å². The van der Waals surface area contributed by atoms with Gasteiger partial charge in [0.05, 0.1) is 22.0 Å². The van der Waals surface area contributed by atoms with Crippen LogP contribution >= 0.6 is 0 Å². The molecular weight excluding hydrogens is 587 g/mol. The third kappa shape index (κ3) is 7.38. The molecule has 42 heavy (non-hydrogen) atoms. The van der Waals surface area contributed by atoms with Crippen LogP contribution in [-0.4, -0.2) is 65.4 Å². The fourth-order valence-electron chi connectivity index (χ4n) is 4.94. The number of ether oxygens (including phenoxy) is 1. The van der Waals surface area contributed by atoms with Crippen LogP contribution in [0, 0.1) is 16.7 Å². The van der Waals surface area contributed by atoms with Gasteiger partial charge in [-0.05, 0) is 49.8 Å². The normalized spacial score (nSPS) is 19.9. The average molecular weight is 621 g/mol. The predicted octanol–water partition coefficient (Wildman–Crippen LogP) is 4.49. The molecule has 0 saturated heterocycles. The molecule has 1 aromatic carbocycles. The summed E-state index contributed by atoms with van der Waals surface area (Å²) in [5, 5.41) is 22.8. The van der Waals surface area contributed by atoms with Crippen molar-refractivity contribution in [1.29, 1.82) is 5.26 Å². The van der Waals surface area contributed by atoms with Gasteiger partial charge in [0.1, 0.15) is 27.5 Å². The molecule has 1 heterocycles. The second-order valence-corrected chi connectivity index (χ2v) is 13.5. The lowest BCUT2D eigenvalue weighted by molar-refractivity contribution is -0.211. The minimum absolute atomic E-state index is 0.0604. The van der Waals surface area contributed by atoms with E-state index in [-0.39, 0.29) is 67.1 Å². The molecular formula is C27H33F5N4O5S. The number of nitrogens with zero attached hydrogens (tertiary/aromatic N) is 3. The van der Waals surface area contributed by atoms with Crippen LogP contribution in [0.5, 0.6) is 5.75 Å². The molecule has 2 N–H and O–H groups in total. The molecule has 1 amide bonds. The van der Waals surface area contributed by atoms with E-state index in [9.17, 15) is 45.5 Å². The van der Waals surface area contributed by atoms with Crippen LogP contribution in [0.15, 0.2) is 18.2 Å². The molecule has 1 fully saturated rings. The number of nitriles is 1. The summed E-state index contributed by atoms with van der Waals surface area (Å²) in [5.41, 5.74) is -4.30. The standard InChI is InChI=1S/C27H33F5N4O5S/c1-5-21-35-22(23(37)34-15-26(38)10-8-17(9-11-26)42(4,39)40)19(14-33)36(21)18-7-6-16(12-20(18)41-24(28)29)13-25(2,3)27(30,31)32/h6-7,12,17,24,38H,5,8-11,13,15H2,1-4H3,(H,34,37)/t17-,26+. The number of aromatic nitrogens is 2. The van der Waals surface area contributed by atoms with Gasteiger partial charge in [0.25, 0.3) is 5.91 Å². The number of carbonyl (C=O) groups is 1. The summed E-state index contributed by atoms with van der Waals surface area (Å²) in [4.78, 5) is 17.3. The highest BCUT2D eigenvalue weighted by Gasteiger charge is 2.47. The number of imidazole rings is 1. The molecule has 2 aromatic rings. The zero-order valence-electron chi connectivity index (χ0n) is 23.6. The van der Waals surface area contributed by atoms with E-state index in [0.29, 0.717) is 0 Å². The highest BCUT2D eigenvalue weighted by molar-refractivity contribution is 7.91. The molecule has 15 heteroatoms. The molecule has 0 aliphatic heterocycles. The summed E-state index contributed by atoms with van der Waals surface area (Å²) in [6.07, 6.45) is -3.16. The van der Waals surface area contributed by atoms with Crippen molar-refractivity contribution in [3.63, 3.8) is 0 Å². The van der Waals surface area contributed by atoms with Crippen LogP contribution in [0.3, 0.4) is 0 Å². The largest absolute Gasteiger partial charge is 0.433 e. The first-order valence-electron chi connectivity index (χ1n) is 13.2. The van der Waals surface area contributed by atoms with Gasteiger partial charge in [-0.3, -0.25) is 9.36 Å². The lowest BCUT2D eigenvalue weighted by Crippen LogP contribution is -2.47. The number of sulfone groups is 1. The fraction of sp³-hybridized carbons (Fsp3) is 0.593. The zero-order chi connectivity index (χ0) is 31.7. The van der Waals surface area contributed by atoms with E-state index < -0.39 is 57.0 Å².